The summed E-state index contributed by atoms with van der Waals surface area (Å²) in [6.07, 6.45) is 3.97. The molecule has 3 amide bonds. The van der Waals surface area contributed by atoms with E-state index in [-0.39, 0.29) is 24.1 Å². The van der Waals surface area contributed by atoms with Gasteiger partial charge in [0.25, 0.3) is 5.91 Å². The SMILES string of the molecule is CCC(CC)NC(=O)Nc1ccc(Oc2ccc(NC(=O)c3ccc(OC4CCNCC4)cc3)cc2C)cc1. The van der Waals surface area contributed by atoms with Crippen molar-refractivity contribution in [3.8, 4) is 17.2 Å². The van der Waals surface area contributed by atoms with E-state index in [9.17, 15) is 9.59 Å². The molecule has 0 radical (unpaired) electrons. The van der Waals surface area contributed by atoms with Crippen molar-refractivity contribution in [2.45, 2.75) is 58.6 Å². The van der Waals surface area contributed by atoms with E-state index < -0.39 is 0 Å². The number of urea groups is 1. The van der Waals surface area contributed by atoms with Crippen molar-refractivity contribution in [3.63, 3.8) is 0 Å². The van der Waals surface area contributed by atoms with Crippen LogP contribution < -0.4 is 30.7 Å². The molecule has 1 aliphatic heterocycles. The fourth-order valence-electron chi connectivity index (χ4n) is 4.41. The Labute approximate surface area is 230 Å². The van der Waals surface area contributed by atoms with E-state index in [1.165, 1.54) is 0 Å². The lowest BCUT2D eigenvalue weighted by Gasteiger charge is -2.23. The number of ether oxygens (including phenoxy) is 2. The molecule has 0 unspecified atom stereocenters. The van der Waals surface area contributed by atoms with Gasteiger partial charge in [0.05, 0.1) is 0 Å². The highest BCUT2D eigenvalue weighted by atomic mass is 16.5. The second-order valence-electron chi connectivity index (χ2n) is 9.76. The minimum Gasteiger partial charge on any atom is -0.490 e. The van der Waals surface area contributed by atoms with E-state index in [2.05, 4.69) is 21.3 Å². The van der Waals surface area contributed by atoms with Crippen LogP contribution in [0.1, 0.15) is 55.5 Å². The number of hydrogen-bond acceptors (Lipinski definition) is 5. The minimum atomic E-state index is -0.215. The average molecular weight is 531 g/mol. The molecule has 3 aromatic rings. The van der Waals surface area contributed by atoms with E-state index in [0.717, 1.165) is 50.1 Å². The molecule has 0 aliphatic carbocycles. The molecule has 39 heavy (non-hydrogen) atoms. The lowest BCUT2D eigenvalue weighted by molar-refractivity contribution is 0.102. The summed E-state index contributed by atoms with van der Waals surface area (Å²) in [6.45, 7) is 7.96. The topological polar surface area (TPSA) is 101 Å². The van der Waals surface area contributed by atoms with Gasteiger partial charge in [-0.1, -0.05) is 13.8 Å². The predicted octanol–water partition coefficient (Wildman–Crippen LogP) is 6.48. The minimum absolute atomic E-state index is 0.160. The van der Waals surface area contributed by atoms with Crippen LogP contribution in [0.5, 0.6) is 17.2 Å². The molecule has 1 fully saturated rings. The van der Waals surface area contributed by atoms with E-state index in [4.69, 9.17) is 9.47 Å². The molecule has 8 heteroatoms. The molecule has 0 atom stereocenters. The molecule has 1 heterocycles. The second kappa shape index (κ2) is 13.7. The molecule has 0 aromatic heterocycles. The summed E-state index contributed by atoms with van der Waals surface area (Å²) in [5, 5.41) is 12.1. The van der Waals surface area contributed by atoms with Gasteiger partial charge in [0.1, 0.15) is 23.4 Å². The van der Waals surface area contributed by atoms with Crippen molar-refractivity contribution in [3.05, 3.63) is 77.9 Å². The van der Waals surface area contributed by atoms with Gasteiger partial charge < -0.3 is 30.7 Å². The van der Waals surface area contributed by atoms with Crippen LogP contribution in [0.2, 0.25) is 0 Å². The lowest BCUT2D eigenvalue weighted by atomic mass is 10.1. The first-order valence-corrected chi connectivity index (χ1v) is 13.7. The maximum Gasteiger partial charge on any atom is 0.319 e. The summed E-state index contributed by atoms with van der Waals surface area (Å²) in [6, 6.07) is 19.9. The standard InChI is InChI=1S/C31H38N4O4/c1-4-23(5-2)34-31(37)35-24-8-13-27(14-9-24)39-29-15-10-25(20-21(29)3)33-30(36)22-6-11-26(12-7-22)38-28-16-18-32-19-17-28/h6-15,20,23,28,32H,4-5,16-19H2,1-3H3,(H,33,36)(H2,34,35,37). The van der Waals surface area contributed by atoms with Crippen LogP contribution in [0.15, 0.2) is 66.7 Å². The van der Waals surface area contributed by atoms with Crippen LogP contribution >= 0.6 is 0 Å². The van der Waals surface area contributed by atoms with Crippen molar-refractivity contribution in [1.82, 2.24) is 10.6 Å². The number of carbonyl (C=O) groups excluding carboxylic acids is 2. The number of benzene rings is 3. The Morgan fingerprint density at radius 3 is 2.15 bits per heavy atom. The van der Waals surface area contributed by atoms with Gasteiger partial charge in [-0.25, -0.2) is 4.79 Å². The monoisotopic (exact) mass is 530 g/mol. The third kappa shape index (κ3) is 8.22. The maximum absolute atomic E-state index is 12.8. The molecular weight excluding hydrogens is 492 g/mol. The molecule has 4 N–H and O–H groups in total. The Morgan fingerprint density at radius 1 is 0.872 bits per heavy atom. The largest absolute Gasteiger partial charge is 0.490 e. The molecule has 0 bridgehead atoms. The number of rotatable bonds is 10. The van der Waals surface area contributed by atoms with Gasteiger partial charge >= 0.3 is 6.03 Å². The highest BCUT2D eigenvalue weighted by Crippen LogP contribution is 2.28. The zero-order valence-electron chi connectivity index (χ0n) is 22.9. The Morgan fingerprint density at radius 2 is 1.51 bits per heavy atom. The van der Waals surface area contributed by atoms with E-state index >= 15 is 0 Å². The summed E-state index contributed by atoms with van der Waals surface area (Å²) >= 11 is 0. The summed E-state index contributed by atoms with van der Waals surface area (Å²) in [7, 11) is 0. The number of hydrogen-bond donors (Lipinski definition) is 4. The van der Waals surface area contributed by atoms with Gasteiger partial charge in [-0.15, -0.1) is 0 Å². The van der Waals surface area contributed by atoms with Crippen LogP contribution in [0.4, 0.5) is 16.2 Å². The zero-order chi connectivity index (χ0) is 27.6. The normalized spacial score (nSPS) is 13.5. The van der Waals surface area contributed by atoms with E-state index in [0.29, 0.717) is 28.4 Å². The van der Waals surface area contributed by atoms with Crippen molar-refractivity contribution in [2.75, 3.05) is 23.7 Å². The molecule has 206 valence electrons. The van der Waals surface area contributed by atoms with Crippen molar-refractivity contribution >= 4 is 23.3 Å². The fourth-order valence-corrected chi connectivity index (χ4v) is 4.41. The zero-order valence-corrected chi connectivity index (χ0v) is 22.9. The fraction of sp³-hybridized carbons (Fsp3) is 0.355. The number of piperidine rings is 1. The summed E-state index contributed by atoms with van der Waals surface area (Å²) in [5.41, 5.74) is 2.81. The van der Waals surface area contributed by atoms with E-state index in [1.54, 1.807) is 36.4 Å². The summed E-state index contributed by atoms with van der Waals surface area (Å²) in [5.74, 6) is 1.92. The van der Waals surface area contributed by atoms with Crippen LogP contribution in [0.3, 0.4) is 0 Å². The Hall–Kier alpha value is -4.04. The smallest absolute Gasteiger partial charge is 0.319 e. The molecule has 0 spiro atoms. The molecule has 1 aliphatic rings. The first-order valence-electron chi connectivity index (χ1n) is 13.7. The number of carbonyl (C=O) groups is 2. The number of anilines is 2. The van der Waals surface area contributed by atoms with Gasteiger partial charge in [-0.05, 0) is 118 Å². The summed E-state index contributed by atoms with van der Waals surface area (Å²) in [4.78, 5) is 24.9. The predicted molar refractivity (Wildman–Crippen MR) is 155 cm³/mol. The maximum atomic E-state index is 12.8. The van der Waals surface area contributed by atoms with Crippen LogP contribution in [-0.4, -0.2) is 37.2 Å². The Bertz CT molecular complexity index is 1230. The molecule has 1 saturated heterocycles. The molecule has 0 saturated carbocycles. The molecule has 4 rings (SSSR count). The Kier molecular flexibility index (Phi) is 9.80. The highest BCUT2D eigenvalue weighted by Gasteiger charge is 2.15. The first kappa shape index (κ1) is 28.0. The summed E-state index contributed by atoms with van der Waals surface area (Å²) < 4.78 is 12.1. The van der Waals surface area contributed by atoms with Crippen molar-refractivity contribution in [2.24, 2.45) is 0 Å². The van der Waals surface area contributed by atoms with Gasteiger partial charge in [0.15, 0.2) is 0 Å². The van der Waals surface area contributed by atoms with Crippen LogP contribution in [-0.2, 0) is 0 Å². The average Bonchev–Trinajstić information content (AvgIpc) is 2.95. The van der Waals surface area contributed by atoms with E-state index in [1.807, 2.05) is 51.1 Å². The first-order chi connectivity index (χ1) is 18.9. The van der Waals surface area contributed by atoms with Crippen LogP contribution in [0.25, 0.3) is 0 Å². The Balaban J connectivity index is 1.29. The highest BCUT2D eigenvalue weighted by molar-refractivity contribution is 6.04. The number of nitrogens with one attached hydrogen (secondary N) is 4. The van der Waals surface area contributed by atoms with Gasteiger partial charge in [0.2, 0.25) is 0 Å². The number of amides is 3. The van der Waals surface area contributed by atoms with Gasteiger partial charge in [0, 0.05) is 23.0 Å². The quantitative estimate of drug-likeness (QED) is 0.240. The van der Waals surface area contributed by atoms with Crippen molar-refractivity contribution < 1.29 is 19.1 Å². The van der Waals surface area contributed by atoms with Crippen molar-refractivity contribution in [1.29, 1.82) is 0 Å². The molecular formula is C31H38N4O4. The molecule has 8 nitrogen and oxygen atoms in total. The third-order valence-corrected chi connectivity index (χ3v) is 6.80. The molecule has 3 aromatic carbocycles. The number of aryl methyl sites for hydroxylation is 1. The van der Waals surface area contributed by atoms with Gasteiger partial charge in [-0.3, -0.25) is 4.79 Å². The lowest BCUT2D eigenvalue weighted by Crippen LogP contribution is -2.37. The third-order valence-electron chi connectivity index (χ3n) is 6.80. The van der Waals surface area contributed by atoms with Gasteiger partial charge in [-0.2, -0.15) is 0 Å². The van der Waals surface area contributed by atoms with Crippen LogP contribution in [0, 0.1) is 6.92 Å². The second-order valence-corrected chi connectivity index (χ2v) is 9.76.